The molecule has 0 atom stereocenters. The highest BCUT2D eigenvalue weighted by atomic mass is 32.2. The topological polar surface area (TPSA) is 57.2 Å². The second kappa shape index (κ2) is 11.5. The highest BCUT2D eigenvalue weighted by Gasteiger charge is 2.44. The number of amides is 1. The number of alkyl halides is 3. The first-order valence-electron chi connectivity index (χ1n) is 12.5. The molecule has 1 fully saturated rings. The van der Waals surface area contributed by atoms with Crippen LogP contribution in [0.4, 0.5) is 18.0 Å². The van der Waals surface area contributed by atoms with E-state index in [1.807, 2.05) is 39.8 Å². The van der Waals surface area contributed by atoms with Gasteiger partial charge in [-0.1, -0.05) is 18.3 Å². The zero-order chi connectivity index (χ0) is 29.1. The summed E-state index contributed by atoms with van der Waals surface area (Å²) in [5.41, 5.74) is -0.586. The van der Waals surface area contributed by atoms with E-state index in [1.54, 1.807) is 17.0 Å². The molecule has 0 bridgehead atoms. The number of carbonyl (C=O) groups is 1. The van der Waals surface area contributed by atoms with Gasteiger partial charge in [0.1, 0.15) is 28.6 Å². The van der Waals surface area contributed by atoms with Crippen LogP contribution >= 0.6 is 9.21 Å². The van der Waals surface area contributed by atoms with Gasteiger partial charge < -0.3 is 23.8 Å². The number of piperidine rings is 1. The summed E-state index contributed by atoms with van der Waals surface area (Å²) in [6.07, 6.45) is -3.98. The molecule has 10 heteroatoms. The molecule has 1 aliphatic heterocycles. The summed E-state index contributed by atoms with van der Waals surface area (Å²) in [5.74, 6) is 10.3. The van der Waals surface area contributed by atoms with Crippen LogP contribution in [-0.4, -0.2) is 59.1 Å². The third kappa shape index (κ3) is 7.44. The lowest BCUT2D eigenvalue weighted by Gasteiger charge is -2.47. The molecule has 1 heterocycles. The molecule has 6 nitrogen and oxygen atoms in total. The van der Waals surface area contributed by atoms with Gasteiger partial charge in [0.15, 0.2) is 0 Å². The van der Waals surface area contributed by atoms with Crippen molar-refractivity contribution >= 4 is 27.0 Å². The van der Waals surface area contributed by atoms with Crippen molar-refractivity contribution in [3.8, 4) is 17.2 Å². The van der Waals surface area contributed by atoms with Crippen LogP contribution in [0.15, 0.2) is 65.8 Å². The summed E-state index contributed by atoms with van der Waals surface area (Å²) in [4.78, 5) is 15.3. The fraction of sp³-hybridized carbons (Fsp3) is 0.414. The average molecular weight is 568 g/mol. The van der Waals surface area contributed by atoms with Crippen LogP contribution in [0.25, 0.3) is 0 Å². The number of ether oxygens (including phenoxy) is 4. The number of rotatable bonds is 8. The van der Waals surface area contributed by atoms with Gasteiger partial charge >= 0.3 is 12.5 Å². The molecule has 0 spiro atoms. The van der Waals surface area contributed by atoms with Gasteiger partial charge in [0.2, 0.25) is 0 Å². The van der Waals surface area contributed by atoms with Gasteiger partial charge in [-0.25, -0.2) is 4.79 Å². The Balaban J connectivity index is 1.79. The molecule has 1 aliphatic rings. The first-order chi connectivity index (χ1) is 18.1. The predicted molar refractivity (Wildman–Crippen MR) is 150 cm³/mol. The Morgan fingerprint density at radius 2 is 1.44 bits per heavy atom. The Bertz CT molecular complexity index is 1260. The van der Waals surface area contributed by atoms with Crippen LogP contribution in [0, 0.1) is 0 Å². The standard InChI is InChI=1S/C29H36F3NO5S/c1-8-35-21(2)28(17-19-33(20-18-28)26(34)38-27(3,4)5)39(6,7)25-15-13-23(14-16-25)36-22-9-11-24(12-10-22)37-29(30,31)32/h9-16H,2,6-8,17-20H2,1,3-5H3. The molecule has 214 valence electrons. The van der Waals surface area contributed by atoms with Gasteiger partial charge in [0.25, 0.3) is 0 Å². The number of hydrogen-bond acceptors (Lipinski definition) is 5. The number of hydrogen-bond donors (Lipinski definition) is 0. The maximum atomic E-state index is 12.7. The Morgan fingerprint density at radius 1 is 0.949 bits per heavy atom. The fourth-order valence-electron chi connectivity index (χ4n) is 4.41. The molecule has 0 aromatic heterocycles. The van der Waals surface area contributed by atoms with Crippen LogP contribution in [0.5, 0.6) is 17.2 Å². The zero-order valence-corrected chi connectivity index (χ0v) is 23.6. The van der Waals surface area contributed by atoms with Crippen molar-refractivity contribution in [3.63, 3.8) is 0 Å². The summed E-state index contributed by atoms with van der Waals surface area (Å²) >= 11 is 0. The van der Waals surface area contributed by atoms with Crippen molar-refractivity contribution in [1.29, 1.82) is 0 Å². The number of carbonyl (C=O) groups excluding carboxylic acids is 1. The average Bonchev–Trinajstić information content (AvgIpc) is 2.84. The summed E-state index contributed by atoms with van der Waals surface area (Å²) in [6, 6.07) is 12.5. The summed E-state index contributed by atoms with van der Waals surface area (Å²) < 4.78 is 57.8. The molecule has 0 saturated carbocycles. The first kappa shape index (κ1) is 30.3. The van der Waals surface area contributed by atoms with Crippen molar-refractivity contribution in [2.24, 2.45) is 0 Å². The molecule has 2 aromatic carbocycles. The largest absolute Gasteiger partial charge is 0.573 e. The second-order valence-corrected chi connectivity index (χ2v) is 13.3. The Hall–Kier alpha value is -3.27. The number of benzene rings is 2. The van der Waals surface area contributed by atoms with E-state index in [2.05, 4.69) is 23.1 Å². The second-order valence-electron chi connectivity index (χ2n) is 10.3. The first-order valence-corrected chi connectivity index (χ1v) is 14.5. The summed E-state index contributed by atoms with van der Waals surface area (Å²) in [6.45, 7) is 13.0. The smallest absolute Gasteiger partial charge is 0.497 e. The molecule has 39 heavy (non-hydrogen) atoms. The van der Waals surface area contributed by atoms with Crippen LogP contribution in [0.3, 0.4) is 0 Å². The van der Waals surface area contributed by atoms with Crippen molar-refractivity contribution in [1.82, 2.24) is 4.90 Å². The molecule has 1 saturated heterocycles. The normalized spacial score (nSPS) is 15.8. The maximum absolute atomic E-state index is 12.7. The Labute approximate surface area is 228 Å². The molecule has 0 N–H and O–H groups in total. The lowest BCUT2D eigenvalue weighted by molar-refractivity contribution is -0.274. The summed E-state index contributed by atoms with van der Waals surface area (Å²) in [5, 5.41) is 0. The van der Waals surface area contributed by atoms with E-state index in [0.717, 1.165) is 4.90 Å². The Morgan fingerprint density at radius 3 is 1.90 bits per heavy atom. The molecule has 1 amide bonds. The van der Waals surface area contributed by atoms with Gasteiger partial charge in [-0.2, -0.15) is 9.21 Å². The predicted octanol–water partition coefficient (Wildman–Crippen LogP) is 7.72. The van der Waals surface area contributed by atoms with Crippen molar-refractivity contribution in [2.75, 3.05) is 19.7 Å². The Kier molecular flexibility index (Phi) is 8.89. The minimum absolute atomic E-state index is 0.328. The van der Waals surface area contributed by atoms with Gasteiger partial charge in [0.05, 0.1) is 11.4 Å². The molecule has 0 unspecified atom stereocenters. The van der Waals surface area contributed by atoms with Crippen molar-refractivity contribution in [3.05, 3.63) is 60.9 Å². The third-order valence-corrected chi connectivity index (χ3v) is 9.67. The SMILES string of the molecule is C=C(OCC)C1(S(=C)(=C)c2ccc(Oc3ccc(OC(F)(F)F)cc3)cc2)CCN(C(=O)OC(C)(C)C)CC1. The zero-order valence-electron chi connectivity index (χ0n) is 22.8. The monoisotopic (exact) mass is 567 g/mol. The molecular formula is C29H36F3NO5S. The van der Waals surface area contributed by atoms with E-state index < -0.39 is 25.9 Å². The minimum Gasteiger partial charge on any atom is -0.497 e. The van der Waals surface area contributed by atoms with Gasteiger partial charge in [-0.15, -0.1) is 13.2 Å². The molecule has 2 aromatic rings. The highest BCUT2D eigenvalue weighted by Crippen LogP contribution is 2.55. The number of halogens is 3. The van der Waals surface area contributed by atoms with Gasteiger partial charge in [-0.05, 0) is 94.0 Å². The van der Waals surface area contributed by atoms with Crippen LogP contribution in [-0.2, 0) is 9.47 Å². The van der Waals surface area contributed by atoms with Crippen molar-refractivity contribution in [2.45, 2.75) is 62.1 Å². The van der Waals surface area contributed by atoms with E-state index in [1.165, 1.54) is 24.3 Å². The van der Waals surface area contributed by atoms with Crippen LogP contribution in [0.1, 0.15) is 40.5 Å². The lowest BCUT2D eigenvalue weighted by atomic mass is 9.94. The number of nitrogens with zero attached hydrogens (tertiary/aromatic N) is 1. The third-order valence-electron chi connectivity index (χ3n) is 6.37. The maximum Gasteiger partial charge on any atom is 0.573 e. The van der Waals surface area contributed by atoms with Crippen molar-refractivity contribution < 1.29 is 36.9 Å². The van der Waals surface area contributed by atoms with E-state index in [-0.39, 0.29) is 11.8 Å². The number of likely N-dealkylation sites (tertiary alicyclic amines) is 1. The van der Waals surface area contributed by atoms with Gasteiger partial charge in [-0.3, -0.25) is 0 Å². The molecule has 0 aliphatic carbocycles. The quantitative estimate of drug-likeness (QED) is 0.241. The van der Waals surface area contributed by atoms with E-state index >= 15 is 0 Å². The molecule has 3 rings (SSSR count). The molecule has 0 radical (unpaired) electrons. The minimum atomic E-state index is -4.76. The summed E-state index contributed by atoms with van der Waals surface area (Å²) in [7, 11) is -2.02. The van der Waals surface area contributed by atoms with E-state index in [4.69, 9.17) is 14.2 Å². The lowest BCUT2D eigenvalue weighted by Crippen LogP contribution is -2.49. The van der Waals surface area contributed by atoms with E-state index in [0.29, 0.717) is 49.8 Å². The van der Waals surface area contributed by atoms with E-state index in [9.17, 15) is 18.0 Å². The molecular weight excluding hydrogens is 531 g/mol. The fourth-order valence-corrected chi connectivity index (χ4v) is 6.98. The van der Waals surface area contributed by atoms with Crippen LogP contribution < -0.4 is 9.47 Å². The highest BCUT2D eigenvalue weighted by molar-refractivity contribution is 8.29. The van der Waals surface area contributed by atoms with Crippen LogP contribution in [0.2, 0.25) is 0 Å². The van der Waals surface area contributed by atoms with Gasteiger partial charge in [0, 0.05) is 13.1 Å².